The van der Waals surface area contributed by atoms with E-state index in [9.17, 15) is 19.5 Å². The van der Waals surface area contributed by atoms with Gasteiger partial charge in [-0.2, -0.15) is 0 Å². The fourth-order valence-electron chi connectivity index (χ4n) is 2.88. The molecule has 2 aromatic rings. The lowest BCUT2D eigenvalue weighted by Crippen LogP contribution is -2.45. The van der Waals surface area contributed by atoms with Gasteiger partial charge in [0, 0.05) is 11.8 Å². The first-order chi connectivity index (χ1) is 13.8. The third kappa shape index (κ3) is 4.83. The van der Waals surface area contributed by atoms with Crippen LogP contribution in [0.5, 0.6) is 5.75 Å². The SMILES string of the molecule is CC1=C(C(=O)O)C(c2ccc(OC(=O)/C=C/c3ccccc3)c(Cl)c2)NC(=O)N1. The van der Waals surface area contributed by atoms with Crippen LogP contribution in [-0.2, 0) is 9.59 Å². The molecular weight excluding hydrogens is 396 g/mol. The van der Waals surface area contributed by atoms with E-state index in [-0.39, 0.29) is 22.0 Å². The van der Waals surface area contributed by atoms with Crippen molar-refractivity contribution in [2.75, 3.05) is 0 Å². The number of aliphatic carboxylic acids is 1. The molecule has 1 aliphatic heterocycles. The van der Waals surface area contributed by atoms with Crippen LogP contribution in [0.4, 0.5) is 4.79 Å². The number of rotatable bonds is 5. The standard InChI is InChI=1S/C21H17ClN2O5/c1-12-18(20(26)27)19(24-21(28)23-12)14-8-9-16(15(22)11-14)29-17(25)10-7-13-5-3-2-4-6-13/h2-11,19H,1H3,(H,26,27)(H2,23,24,28)/b10-7+. The summed E-state index contributed by atoms with van der Waals surface area (Å²) in [6.07, 6.45) is 2.89. The van der Waals surface area contributed by atoms with Gasteiger partial charge < -0.3 is 20.5 Å². The van der Waals surface area contributed by atoms with E-state index < -0.39 is 24.0 Å². The fraction of sp³-hybridized carbons (Fsp3) is 0.0952. The van der Waals surface area contributed by atoms with E-state index in [1.807, 2.05) is 30.3 Å². The Morgan fingerprint density at radius 1 is 1.17 bits per heavy atom. The summed E-state index contributed by atoms with van der Waals surface area (Å²) >= 11 is 6.22. The van der Waals surface area contributed by atoms with E-state index in [1.165, 1.54) is 25.1 Å². The second-order valence-corrected chi connectivity index (χ2v) is 6.64. The number of carbonyl (C=O) groups is 3. The number of carbonyl (C=O) groups excluding carboxylic acids is 2. The summed E-state index contributed by atoms with van der Waals surface area (Å²) in [6, 6.07) is 12.3. The zero-order valence-corrected chi connectivity index (χ0v) is 16.1. The quantitative estimate of drug-likeness (QED) is 0.395. The van der Waals surface area contributed by atoms with Crippen molar-refractivity contribution in [3.8, 4) is 5.75 Å². The topological polar surface area (TPSA) is 105 Å². The Balaban J connectivity index is 1.79. The van der Waals surface area contributed by atoms with E-state index in [2.05, 4.69) is 10.6 Å². The Morgan fingerprint density at radius 3 is 2.55 bits per heavy atom. The molecule has 0 spiro atoms. The van der Waals surface area contributed by atoms with E-state index in [0.717, 1.165) is 5.56 Å². The van der Waals surface area contributed by atoms with Crippen LogP contribution in [0.3, 0.4) is 0 Å². The van der Waals surface area contributed by atoms with E-state index in [1.54, 1.807) is 12.1 Å². The van der Waals surface area contributed by atoms with Gasteiger partial charge in [-0.05, 0) is 36.3 Å². The molecule has 2 aromatic carbocycles. The molecule has 0 saturated carbocycles. The molecule has 1 atom stereocenters. The van der Waals surface area contributed by atoms with Crippen molar-refractivity contribution >= 4 is 35.6 Å². The zero-order valence-electron chi connectivity index (χ0n) is 15.3. The van der Waals surface area contributed by atoms with Gasteiger partial charge in [0.15, 0.2) is 0 Å². The number of carboxylic acids is 1. The van der Waals surface area contributed by atoms with Crippen molar-refractivity contribution < 1.29 is 24.2 Å². The molecule has 0 fully saturated rings. The van der Waals surface area contributed by atoms with Gasteiger partial charge in [0.05, 0.1) is 16.6 Å². The molecule has 3 rings (SSSR count). The highest BCUT2D eigenvalue weighted by Gasteiger charge is 2.31. The van der Waals surface area contributed by atoms with Gasteiger partial charge in [-0.25, -0.2) is 14.4 Å². The highest BCUT2D eigenvalue weighted by atomic mass is 35.5. The van der Waals surface area contributed by atoms with E-state index in [4.69, 9.17) is 16.3 Å². The predicted octanol–water partition coefficient (Wildman–Crippen LogP) is 3.67. The van der Waals surface area contributed by atoms with Crippen molar-refractivity contribution in [1.29, 1.82) is 0 Å². The summed E-state index contributed by atoms with van der Waals surface area (Å²) < 4.78 is 5.24. The van der Waals surface area contributed by atoms with Crippen LogP contribution in [0.2, 0.25) is 5.02 Å². The highest BCUT2D eigenvalue weighted by molar-refractivity contribution is 6.32. The summed E-state index contributed by atoms with van der Waals surface area (Å²) in [6.45, 7) is 1.51. The van der Waals surface area contributed by atoms with Crippen LogP contribution < -0.4 is 15.4 Å². The van der Waals surface area contributed by atoms with Gasteiger partial charge in [0.2, 0.25) is 0 Å². The molecule has 148 valence electrons. The van der Waals surface area contributed by atoms with Crippen LogP contribution in [0.1, 0.15) is 24.1 Å². The number of esters is 1. The van der Waals surface area contributed by atoms with Gasteiger partial charge in [-0.1, -0.05) is 48.0 Å². The average molecular weight is 413 g/mol. The van der Waals surface area contributed by atoms with Crippen LogP contribution in [0, 0.1) is 0 Å². The number of amides is 2. The zero-order chi connectivity index (χ0) is 21.0. The Morgan fingerprint density at radius 2 is 1.90 bits per heavy atom. The molecule has 1 heterocycles. The molecule has 3 N–H and O–H groups in total. The Hall–Kier alpha value is -3.58. The molecule has 0 aromatic heterocycles. The number of nitrogens with one attached hydrogen (secondary N) is 2. The number of ether oxygens (including phenoxy) is 1. The Kier molecular flexibility index (Phi) is 5.99. The number of benzene rings is 2. The molecule has 0 bridgehead atoms. The molecule has 1 unspecified atom stereocenters. The minimum atomic E-state index is -1.17. The lowest BCUT2D eigenvalue weighted by Gasteiger charge is -2.27. The lowest BCUT2D eigenvalue weighted by molar-refractivity contribution is -0.133. The van der Waals surface area contributed by atoms with Gasteiger partial charge in [-0.15, -0.1) is 0 Å². The molecule has 0 aliphatic carbocycles. The van der Waals surface area contributed by atoms with Crippen molar-refractivity contribution in [3.63, 3.8) is 0 Å². The Labute approximate surface area is 171 Å². The van der Waals surface area contributed by atoms with Gasteiger partial charge in [0.1, 0.15) is 5.75 Å². The summed E-state index contributed by atoms with van der Waals surface area (Å²) in [4.78, 5) is 35.4. The van der Waals surface area contributed by atoms with Crippen molar-refractivity contribution in [1.82, 2.24) is 10.6 Å². The van der Waals surface area contributed by atoms with Crippen LogP contribution in [0.25, 0.3) is 6.08 Å². The Bertz CT molecular complexity index is 1030. The van der Waals surface area contributed by atoms with Gasteiger partial charge in [0.25, 0.3) is 0 Å². The second kappa shape index (κ2) is 8.62. The van der Waals surface area contributed by atoms with Crippen LogP contribution in [0.15, 0.2) is 65.9 Å². The fourth-order valence-corrected chi connectivity index (χ4v) is 3.11. The van der Waals surface area contributed by atoms with E-state index in [0.29, 0.717) is 5.56 Å². The first-order valence-electron chi connectivity index (χ1n) is 8.61. The van der Waals surface area contributed by atoms with Crippen molar-refractivity contribution in [2.45, 2.75) is 13.0 Å². The number of carboxylic acid groups (broad SMARTS) is 1. The first kappa shape index (κ1) is 20.2. The largest absolute Gasteiger partial charge is 0.478 e. The predicted molar refractivity (Wildman–Crippen MR) is 107 cm³/mol. The third-order valence-electron chi connectivity index (χ3n) is 4.21. The van der Waals surface area contributed by atoms with Crippen LogP contribution in [-0.4, -0.2) is 23.1 Å². The van der Waals surface area contributed by atoms with Gasteiger partial charge >= 0.3 is 18.0 Å². The number of halogens is 1. The number of hydrogen-bond donors (Lipinski definition) is 3. The first-order valence-corrected chi connectivity index (χ1v) is 8.99. The second-order valence-electron chi connectivity index (χ2n) is 6.23. The normalized spacial score (nSPS) is 16.3. The molecule has 0 saturated heterocycles. The van der Waals surface area contributed by atoms with Crippen molar-refractivity contribution in [3.05, 3.63) is 82.0 Å². The third-order valence-corrected chi connectivity index (χ3v) is 4.51. The minimum absolute atomic E-state index is 0.00351. The maximum Gasteiger partial charge on any atom is 0.336 e. The maximum atomic E-state index is 12.0. The van der Waals surface area contributed by atoms with Crippen LogP contribution >= 0.6 is 11.6 Å². The highest BCUT2D eigenvalue weighted by Crippen LogP contribution is 2.32. The molecule has 0 radical (unpaired) electrons. The maximum absolute atomic E-state index is 12.0. The smallest absolute Gasteiger partial charge is 0.336 e. The van der Waals surface area contributed by atoms with Gasteiger partial charge in [-0.3, -0.25) is 0 Å². The molecule has 8 heteroatoms. The summed E-state index contributed by atoms with van der Waals surface area (Å²) in [5, 5.41) is 14.6. The monoisotopic (exact) mass is 412 g/mol. The average Bonchev–Trinajstić information content (AvgIpc) is 2.67. The lowest BCUT2D eigenvalue weighted by atomic mass is 9.95. The summed E-state index contributed by atoms with van der Waals surface area (Å²) in [5.74, 6) is -1.66. The number of allylic oxidation sites excluding steroid dienone is 1. The summed E-state index contributed by atoms with van der Waals surface area (Å²) in [7, 11) is 0. The minimum Gasteiger partial charge on any atom is -0.478 e. The molecule has 2 amide bonds. The number of urea groups is 1. The van der Waals surface area contributed by atoms with E-state index >= 15 is 0 Å². The molecular formula is C21H17ClN2O5. The molecule has 7 nitrogen and oxygen atoms in total. The summed E-state index contributed by atoms with van der Waals surface area (Å²) in [5.41, 5.74) is 1.53. The van der Waals surface area contributed by atoms with Crippen molar-refractivity contribution in [2.24, 2.45) is 0 Å². The number of hydrogen-bond acceptors (Lipinski definition) is 4. The molecule has 29 heavy (non-hydrogen) atoms. The molecule has 1 aliphatic rings.